The first-order valence-corrected chi connectivity index (χ1v) is 12.0. The summed E-state index contributed by atoms with van der Waals surface area (Å²) in [6.45, 7) is 6.89. The second-order valence-electron chi connectivity index (χ2n) is 8.76. The van der Waals surface area contributed by atoms with E-state index < -0.39 is 0 Å². The third-order valence-electron chi connectivity index (χ3n) is 5.72. The number of hydrogen-bond acceptors (Lipinski definition) is 4. The summed E-state index contributed by atoms with van der Waals surface area (Å²) in [6, 6.07) is 16.0. The van der Waals surface area contributed by atoms with E-state index in [1.165, 1.54) is 0 Å². The molecule has 1 N–H and O–H groups in total. The lowest BCUT2D eigenvalue weighted by molar-refractivity contribution is -0.132. The van der Waals surface area contributed by atoms with Crippen molar-refractivity contribution in [2.24, 2.45) is 5.92 Å². The van der Waals surface area contributed by atoms with Gasteiger partial charge in [-0.25, -0.2) is 0 Å². The molecular weight excluding hydrogens is 473 g/mol. The molecule has 1 aliphatic rings. The molecule has 1 aromatic heterocycles. The van der Waals surface area contributed by atoms with Crippen molar-refractivity contribution < 1.29 is 14.0 Å². The number of rotatable bonds is 6. The van der Waals surface area contributed by atoms with Gasteiger partial charge in [-0.3, -0.25) is 9.59 Å². The van der Waals surface area contributed by atoms with Gasteiger partial charge in [0.15, 0.2) is 5.76 Å². The largest absolute Gasteiger partial charge is 0.451 e. The second kappa shape index (κ2) is 10.5. The average molecular weight is 500 g/mol. The lowest BCUT2D eigenvalue weighted by Crippen LogP contribution is -2.49. The minimum absolute atomic E-state index is 0.201. The van der Waals surface area contributed by atoms with Crippen molar-refractivity contribution in [2.45, 2.75) is 20.3 Å². The first kappa shape index (κ1) is 24.2. The molecule has 0 unspecified atom stereocenters. The van der Waals surface area contributed by atoms with E-state index in [4.69, 9.17) is 27.6 Å². The van der Waals surface area contributed by atoms with Gasteiger partial charge in [-0.15, -0.1) is 0 Å². The van der Waals surface area contributed by atoms with E-state index in [0.717, 1.165) is 24.3 Å². The van der Waals surface area contributed by atoms with Gasteiger partial charge in [0.1, 0.15) is 5.76 Å². The standard InChI is InChI=1S/C26H27Cl2N3O3/c1-17(2)15-25(32)31-13-11-30(12-14-31)22-8-7-20(16-21(22)28)29-26(33)24-10-9-23(34-24)18-3-5-19(27)6-4-18/h3-10,16-17H,11-15H2,1-2H3,(H,29,33). The summed E-state index contributed by atoms with van der Waals surface area (Å²) in [5, 5.41) is 4.01. The molecule has 3 aromatic rings. The number of nitrogens with one attached hydrogen (secondary N) is 1. The Balaban J connectivity index is 1.37. The van der Waals surface area contributed by atoms with Gasteiger partial charge < -0.3 is 19.5 Å². The van der Waals surface area contributed by atoms with Gasteiger partial charge in [0.2, 0.25) is 5.91 Å². The number of halogens is 2. The van der Waals surface area contributed by atoms with Crippen LogP contribution in [0, 0.1) is 5.92 Å². The van der Waals surface area contributed by atoms with Crippen LogP contribution in [0.1, 0.15) is 30.8 Å². The molecule has 1 aliphatic heterocycles. The van der Waals surface area contributed by atoms with Crippen molar-refractivity contribution in [3.63, 3.8) is 0 Å². The molecule has 0 atom stereocenters. The van der Waals surface area contributed by atoms with Crippen molar-refractivity contribution in [3.8, 4) is 11.3 Å². The van der Waals surface area contributed by atoms with Crippen molar-refractivity contribution in [1.29, 1.82) is 0 Å². The Kier molecular flexibility index (Phi) is 7.49. The molecule has 0 spiro atoms. The number of anilines is 2. The summed E-state index contributed by atoms with van der Waals surface area (Å²) in [4.78, 5) is 29.1. The molecule has 34 heavy (non-hydrogen) atoms. The van der Waals surface area contributed by atoms with Crippen LogP contribution in [0.5, 0.6) is 0 Å². The molecule has 6 nitrogen and oxygen atoms in total. The molecule has 8 heteroatoms. The van der Waals surface area contributed by atoms with Crippen LogP contribution < -0.4 is 10.2 Å². The van der Waals surface area contributed by atoms with E-state index in [2.05, 4.69) is 24.1 Å². The van der Waals surface area contributed by atoms with E-state index in [9.17, 15) is 9.59 Å². The minimum atomic E-state index is -0.360. The molecule has 4 rings (SSSR count). The summed E-state index contributed by atoms with van der Waals surface area (Å²) < 4.78 is 5.72. The van der Waals surface area contributed by atoms with Gasteiger partial charge in [0.05, 0.1) is 10.7 Å². The fourth-order valence-electron chi connectivity index (χ4n) is 3.94. The highest BCUT2D eigenvalue weighted by Gasteiger charge is 2.23. The Hall–Kier alpha value is -2.96. The summed E-state index contributed by atoms with van der Waals surface area (Å²) >= 11 is 12.5. The Bertz CT molecular complexity index is 1170. The first-order chi connectivity index (χ1) is 16.3. The summed E-state index contributed by atoms with van der Waals surface area (Å²) in [5.41, 5.74) is 2.30. The topological polar surface area (TPSA) is 65.8 Å². The molecule has 2 aromatic carbocycles. The van der Waals surface area contributed by atoms with Crippen molar-refractivity contribution in [2.75, 3.05) is 36.4 Å². The highest BCUT2D eigenvalue weighted by molar-refractivity contribution is 6.33. The summed E-state index contributed by atoms with van der Waals surface area (Å²) in [7, 11) is 0. The second-order valence-corrected chi connectivity index (χ2v) is 9.60. The zero-order valence-electron chi connectivity index (χ0n) is 19.2. The van der Waals surface area contributed by atoms with Gasteiger partial charge in [-0.2, -0.15) is 0 Å². The summed E-state index contributed by atoms with van der Waals surface area (Å²) in [5.74, 6) is 0.985. The van der Waals surface area contributed by atoms with Gasteiger partial charge in [0, 0.05) is 48.9 Å². The predicted octanol–water partition coefficient (Wildman–Crippen LogP) is 6.20. The maximum atomic E-state index is 12.7. The number of furan rings is 1. The van der Waals surface area contributed by atoms with E-state index in [1.54, 1.807) is 30.3 Å². The molecule has 0 bridgehead atoms. The van der Waals surface area contributed by atoms with Crippen LogP contribution in [-0.2, 0) is 4.79 Å². The zero-order chi connectivity index (χ0) is 24.2. The maximum absolute atomic E-state index is 12.7. The number of nitrogens with zero attached hydrogens (tertiary/aromatic N) is 2. The zero-order valence-corrected chi connectivity index (χ0v) is 20.7. The fraction of sp³-hybridized carbons (Fsp3) is 0.308. The van der Waals surface area contributed by atoms with Crippen molar-refractivity contribution in [3.05, 3.63) is 70.4 Å². The minimum Gasteiger partial charge on any atom is -0.451 e. The first-order valence-electron chi connectivity index (χ1n) is 11.3. The number of piperazine rings is 1. The number of hydrogen-bond donors (Lipinski definition) is 1. The van der Waals surface area contributed by atoms with Crippen molar-refractivity contribution in [1.82, 2.24) is 4.90 Å². The number of carbonyl (C=O) groups excluding carboxylic acids is 2. The lowest BCUT2D eigenvalue weighted by atomic mass is 10.1. The average Bonchev–Trinajstić information content (AvgIpc) is 3.30. The molecule has 1 saturated heterocycles. The SMILES string of the molecule is CC(C)CC(=O)N1CCN(c2ccc(NC(=O)c3ccc(-c4ccc(Cl)cc4)o3)cc2Cl)CC1. The third-order valence-corrected chi connectivity index (χ3v) is 6.27. The molecule has 0 aliphatic carbocycles. The van der Waals surface area contributed by atoms with Gasteiger partial charge in [-0.1, -0.05) is 37.0 Å². The number of amides is 2. The normalized spacial score (nSPS) is 13.9. The highest BCUT2D eigenvalue weighted by atomic mass is 35.5. The smallest absolute Gasteiger partial charge is 0.291 e. The number of benzene rings is 2. The van der Waals surface area contributed by atoms with Gasteiger partial charge in [-0.05, 0) is 60.5 Å². The molecular formula is C26H27Cl2N3O3. The Morgan fingerprint density at radius 3 is 2.32 bits per heavy atom. The fourth-order valence-corrected chi connectivity index (χ4v) is 4.36. The van der Waals surface area contributed by atoms with E-state index in [1.807, 2.05) is 29.2 Å². The molecule has 2 heterocycles. The van der Waals surface area contributed by atoms with Crippen LogP contribution in [0.2, 0.25) is 10.0 Å². The highest BCUT2D eigenvalue weighted by Crippen LogP contribution is 2.30. The Morgan fingerprint density at radius 2 is 1.68 bits per heavy atom. The van der Waals surface area contributed by atoms with Crippen LogP contribution in [0.3, 0.4) is 0 Å². The van der Waals surface area contributed by atoms with Crippen LogP contribution >= 0.6 is 23.2 Å². The summed E-state index contributed by atoms with van der Waals surface area (Å²) in [6.07, 6.45) is 0.575. The van der Waals surface area contributed by atoms with Crippen LogP contribution in [0.15, 0.2) is 59.0 Å². The molecule has 1 fully saturated rings. The van der Waals surface area contributed by atoms with E-state index in [-0.39, 0.29) is 17.6 Å². The molecule has 178 valence electrons. The van der Waals surface area contributed by atoms with Crippen LogP contribution in [0.4, 0.5) is 11.4 Å². The third kappa shape index (κ3) is 5.75. The Labute approximate surface area is 209 Å². The predicted molar refractivity (Wildman–Crippen MR) is 137 cm³/mol. The maximum Gasteiger partial charge on any atom is 0.291 e. The Morgan fingerprint density at radius 1 is 0.971 bits per heavy atom. The van der Waals surface area contributed by atoms with Gasteiger partial charge in [0.25, 0.3) is 5.91 Å². The lowest BCUT2D eigenvalue weighted by Gasteiger charge is -2.36. The molecule has 0 saturated carbocycles. The van der Waals surface area contributed by atoms with E-state index in [0.29, 0.717) is 46.9 Å². The quantitative estimate of drug-likeness (QED) is 0.438. The van der Waals surface area contributed by atoms with E-state index >= 15 is 0 Å². The van der Waals surface area contributed by atoms with Gasteiger partial charge >= 0.3 is 0 Å². The van der Waals surface area contributed by atoms with Crippen molar-refractivity contribution >= 4 is 46.4 Å². The molecule has 0 radical (unpaired) electrons. The monoisotopic (exact) mass is 499 g/mol. The molecule has 2 amide bonds. The van der Waals surface area contributed by atoms with Crippen LogP contribution in [0.25, 0.3) is 11.3 Å². The number of carbonyl (C=O) groups is 2. The van der Waals surface area contributed by atoms with Crippen LogP contribution in [-0.4, -0.2) is 42.9 Å².